The second-order valence-electron chi connectivity index (χ2n) is 4.36. The highest BCUT2D eigenvalue weighted by molar-refractivity contribution is 14.1. The summed E-state index contributed by atoms with van der Waals surface area (Å²) in [6.45, 7) is 0. The van der Waals surface area contributed by atoms with Gasteiger partial charge >= 0.3 is 5.97 Å². The highest BCUT2D eigenvalue weighted by Crippen LogP contribution is 2.31. The van der Waals surface area contributed by atoms with Crippen molar-refractivity contribution in [1.29, 1.82) is 0 Å². The Morgan fingerprint density at radius 3 is 2.75 bits per heavy atom. The molecular formula is C12H10FIN2O4. The first-order valence-corrected chi connectivity index (χ1v) is 6.77. The molecular weight excluding hydrogens is 382 g/mol. The van der Waals surface area contributed by atoms with Crippen LogP contribution in [0.4, 0.5) is 15.8 Å². The highest BCUT2D eigenvalue weighted by atomic mass is 127. The summed E-state index contributed by atoms with van der Waals surface area (Å²) < 4.78 is 13.7. The van der Waals surface area contributed by atoms with Gasteiger partial charge in [-0.15, -0.1) is 0 Å². The summed E-state index contributed by atoms with van der Waals surface area (Å²) in [4.78, 5) is 21.2. The summed E-state index contributed by atoms with van der Waals surface area (Å²) in [7, 11) is 0. The van der Waals surface area contributed by atoms with Crippen LogP contribution >= 0.6 is 22.6 Å². The topological polar surface area (TPSA) is 92.5 Å². The maximum absolute atomic E-state index is 13.5. The molecule has 8 heteroatoms. The van der Waals surface area contributed by atoms with E-state index in [1.54, 1.807) is 28.7 Å². The molecule has 1 aliphatic carbocycles. The Morgan fingerprint density at radius 2 is 2.20 bits per heavy atom. The number of nitro groups is 1. The minimum absolute atomic E-state index is 0.0496. The number of rotatable bonds is 4. The molecule has 0 saturated carbocycles. The lowest BCUT2D eigenvalue weighted by Crippen LogP contribution is -2.19. The van der Waals surface area contributed by atoms with E-state index >= 15 is 0 Å². The highest BCUT2D eigenvalue weighted by Gasteiger charge is 2.26. The predicted molar refractivity (Wildman–Crippen MR) is 78.1 cm³/mol. The van der Waals surface area contributed by atoms with E-state index in [-0.39, 0.29) is 27.4 Å². The van der Waals surface area contributed by atoms with Crippen LogP contribution in [-0.2, 0) is 4.79 Å². The Hall–Kier alpha value is -1.71. The molecule has 0 aliphatic heterocycles. The van der Waals surface area contributed by atoms with Crippen LogP contribution in [0.3, 0.4) is 0 Å². The van der Waals surface area contributed by atoms with Crippen molar-refractivity contribution < 1.29 is 19.2 Å². The number of benzene rings is 1. The van der Waals surface area contributed by atoms with Gasteiger partial charge in [0.05, 0.1) is 14.4 Å². The van der Waals surface area contributed by atoms with Crippen LogP contribution in [0.25, 0.3) is 0 Å². The first-order valence-electron chi connectivity index (χ1n) is 5.69. The second kappa shape index (κ2) is 5.73. The average Bonchev–Trinajstić information content (AvgIpc) is 2.82. The zero-order valence-corrected chi connectivity index (χ0v) is 12.2. The molecule has 0 fully saturated rings. The monoisotopic (exact) mass is 392 g/mol. The molecule has 0 heterocycles. The van der Waals surface area contributed by atoms with Gasteiger partial charge in [0.2, 0.25) is 0 Å². The summed E-state index contributed by atoms with van der Waals surface area (Å²) in [5.74, 6) is -2.13. The quantitative estimate of drug-likeness (QED) is 0.356. The number of halogens is 2. The largest absolute Gasteiger partial charge is 0.481 e. The Morgan fingerprint density at radius 1 is 1.50 bits per heavy atom. The molecule has 1 aromatic carbocycles. The number of carboxylic acid groups (broad SMARTS) is 1. The number of anilines is 1. The van der Waals surface area contributed by atoms with E-state index in [0.29, 0.717) is 0 Å². The maximum Gasteiger partial charge on any atom is 0.310 e. The number of hydrogen-bond donors (Lipinski definition) is 2. The van der Waals surface area contributed by atoms with Gasteiger partial charge in [-0.1, -0.05) is 12.2 Å². The average molecular weight is 392 g/mol. The molecule has 0 saturated heterocycles. The van der Waals surface area contributed by atoms with Gasteiger partial charge in [0.25, 0.3) is 5.69 Å². The summed E-state index contributed by atoms with van der Waals surface area (Å²) in [6, 6.07) is 1.84. The maximum atomic E-state index is 13.5. The molecule has 1 aliphatic rings. The third kappa shape index (κ3) is 3.06. The van der Waals surface area contributed by atoms with Gasteiger partial charge in [0, 0.05) is 18.2 Å². The number of hydrogen-bond acceptors (Lipinski definition) is 4. The van der Waals surface area contributed by atoms with E-state index in [1.165, 1.54) is 6.08 Å². The van der Waals surface area contributed by atoms with Crippen LogP contribution in [-0.4, -0.2) is 22.0 Å². The Balaban J connectivity index is 2.22. The number of nitro benzene ring substituents is 1. The van der Waals surface area contributed by atoms with Gasteiger partial charge < -0.3 is 10.4 Å². The van der Waals surface area contributed by atoms with Crippen molar-refractivity contribution >= 4 is 39.9 Å². The number of nitrogens with one attached hydrogen (secondary N) is 1. The van der Waals surface area contributed by atoms with Crippen molar-refractivity contribution in [1.82, 2.24) is 0 Å². The fraction of sp³-hybridized carbons (Fsp3) is 0.250. The van der Waals surface area contributed by atoms with Crippen molar-refractivity contribution in [3.63, 3.8) is 0 Å². The van der Waals surface area contributed by atoms with Gasteiger partial charge in [-0.25, -0.2) is 4.39 Å². The summed E-state index contributed by atoms with van der Waals surface area (Å²) in [6.07, 6.45) is 3.42. The molecule has 0 bridgehead atoms. The van der Waals surface area contributed by atoms with Gasteiger partial charge in [-0.05, 0) is 29.0 Å². The van der Waals surface area contributed by atoms with Crippen LogP contribution in [0.5, 0.6) is 0 Å². The fourth-order valence-electron chi connectivity index (χ4n) is 1.99. The Labute approximate surface area is 127 Å². The minimum Gasteiger partial charge on any atom is -0.481 e. The first kappa shape index (κ1) is 14.7. The van der Waals surface area contributed by atoms with E-state index in [2.05, 4.69) is 5.32 Å². The van der Waals surface area contributed by atoms with Crippen LogP contribution < -0.4 is 5.32 Å². The summed E-state index contributed by atoms with van der Waals surface area (Å²) >= 11 is 1.68. The van der Waals surface area contributed by atoms with E-state index in [9.17, 15) is 19.3 Å². The van der Waals surface area contributed by atoms with Crippen LogP contribution in [0.2, 0.25) is 0 Å². The number of aliphatic carboxylic acids is 1. The van der Waals surface area contributed by atoms with Crippen LogP contribution in [0.15, 0.2) is 24.3 Å². The Kier molecular flexibility index (Phi) is 4.21. The Bertz CT molecular complexity index is 605. The van der Waals surface area contributed by atoms with Crippen molar-refractivity contribution in [2.24, 2.45) is 5.92 Å². The van der Waals surface area contributed by atoms with Crippen molar-refractivity contribution in [2.75, 3.05) is 5.32 Å². The lowest BCUT2D eigenvalue weighted by Gasteiger charge is -2.14. The van der Waals surface area contributed by atoms with Gasteiger partial charge in [-0.2, -0.15) is 0 Å². The fourth-order valence-corrected chi connectivity index (χ4v) is 2.44. The molecule has 0 spiro atoms. The van der Waals surface area contributed by atoms with E-state index in [1.807, 2.05) is 0 Å². The molecule has 1 aromatic rings. The van der Waals surface area contributed by atoms with Crippen molar-refractivity contribution in [3.05, 3.63) is 43.8 Å². The van der Waals surface area contributed by atoms with E-state index < -0.39 is 22.6 Å². The minimum atomic E-state index is -0.950. The third-order valence-corrected chi connectivity index (χ3v) is 3.80. The molecule has 6 nitrogen and oxygen atoms in total. The molecule has 106 valence electrons. The summed E-state index contributed by atoms with van der Waals surface area (Å²) in [5.41, 5.74) is -0.184. The molecule has 2 N–H and O–H groups in total. The van der Waals surface area contributed by atoms with E-state index in [0.717, 1.165) is 12.1 Å². The van der Waals surface area contributed by atoms with Gasteiger partial charge in [-0.3, -0.25) is 14.9 Å². The standard InChI is InChI=1S/C12H10FIN2O4/c13-8-4-10(11(16(19)20)5-9(8)14)15-7-2-1-6(3-7)12(17)18/h1-2,4-7,15H,3H2,(H,17,18). The lowest BCUT2D eigenvalue weighted by atomic mass is 10.1. The molecule has 0 radical (unpaired) electrons. The zero-order valence-electron chi connectivity index (χ0n) is 10.0. The normalized spacial score (nSPS) is 20.9. The lowest BCUT2D eigenvalue weighted by molar-refractivity contribution is -0.384. The number of carbonyl (C=O) groups is 1. The predicted octanol–water partition coefficient (Wildman–Crippen LogP) is 2.78. The van der Waals surface area contributed by atoms with E-state index in [4.69, 9.17) is 5.11 Å². The third-order valence-electron chi connectivity index (χ3n) is 2.98. The van der Waals surface area contributed by atoms with Crippen LogP contribution in [0, 0.1) is 25.4 Å². The molecule has 2 unspecified atom stereocenters. The van der Waals surface area contributed by atoms with Crippen molar-refractivity contribution in [3.8, 4) is 0 Å². The smallest absolute Gasteiger partial charge is 0.310 e. The summed E-state index contributed by atoms with van der Waals surface area (Å²) in [5, 5.41) is 22.6. The van der Waals surface area contributed by atoms with Crippen LogP contribution in [0.1, 0.15) is 6.42 Å². The molecule has 20 heavy (non-hydrogen) atoms. The molecule has 0 amide bonds. The van der Waals surface area contributed by atoms with Crippen molar-refractivity contribution in [2.45, 2.75) is 12.5 Å². The zero-order chi connectivity index (χ0) is 14.9. The second-order valence-corrected chi connectivity index (χ2v) is 5.52. The molecule has 2 atom stereocenters. The number of nitrogens with zero attached hydrogens (tertiary/aromatic N) is 1. The number of carboxylic acids is 1. The first-order chi connectivity index (χ1) is 9.38. The molecule has 2 rings (SSSR count). The SMILES string of the molecule is O=C(O)C1C=CC(Nc2cc(F)c(I)cc2[N+](=O)[O-])C1. The van der Waals surface area contributed by atoms with Gasteiger partial charge in [0.15, 0.2) is 0 Å². The van der Waals surface area contributed by atoms with Gasteiger partial charge in [0.1, 0.15) is 11.5 Å². The molecule has 0 aromatic heterocycles.